The van der Waals surface area contributed by atoms with E-state index in [4.69, 9.17) is 9.47 Å². The Balaban J connectivity index is 1.48. The van der Waals surface area contributed by atoms with Gasteiger partial charge in [-0.05, 0) is 30.9 Å². The molecule has 1 aromatic carbocycles. The Kier molecular flexibility index (Phi) is 6.06. The number of carbonyl (C=O) groups is 3. The molecule has 1 saturated heterocycles. The number of hydrogen-bond donors (Lipinski definition) is 2. The van der Waals surface area contributed by atoms with E-state index in [2.05, 4.69) is 10.6 Å². The van der Waals surface area contributed by atoms with Gasteiger partial charge in [-0.3, -0.25) is 14.5 Å². The summed E-state index contributed by atoms with van der Waals surface area (Å²) in [5, 5.41) is 5.53. The standard InChI is InChI=1S/C20H27N3O5/c1-14-7-5-6-10-20(14)18(25)23(19(26)22-20)13-17(24)21-11-12-28-16-9-4-3-8-15(16)27-2/h3-4,8-9,14H,5-7,10-13H2,1-2H3,(H,21,24)(H,22,26)/t14-,20+/m0/s1. The van der Waals surface area contributed by atoms with Crippen LogP contribution in [0.2, 0.25) is 0 Å². The van der Waals surface area contributed by atoms with Crippen LogP contribution < -0.4 is 20.1 Å². The molecule has 2 atom stereocenters. The van der Waals surface area contributed by atoms with Crippen molar-refractivity contribution in [3.8, 4) is 11.5 Å². The highest BCUT2D eigenvalue weighted by atomic mass is 16.5. The van der Waals surface area contributed by atoms with Crippen molar-refractivity contribution in [2.75, 3.05) is 26.8 Å². The third-order valence-electron chi connectivity index (χ3n) is 5.55. The number of hydrogen-bond acceptors (Lipinski definition) is 5. The predicted molar refractivity (Wildman–Crippen MR) is 102 cm³/mol. The number of rotatable bonds is 7. The van der Waals surface area contributed by atoms with E-state index in [1.807, 2.05) is 19.1 Å². The van der Waals surface area contributed by atoms with Crippen LogP contribution >= 0.6 is 0 Å². The van der Waals surface area contributed by atoms with E-state index in [0.717, 1.165) is 24.2 Å². The van der Waals surface area contributed by atoms with Gasteiger partial charge in [-0.1, -0.05) is 31.9 Å². The van der Waals surface area contributed by atoms with Crippen molar-refractivity contribution in [3.05, 3.63) is 24.3 Å². The lowest BCUT2D eigenvalue weighted by molar-refractivity contribution is -0.137. The Bertz CT molecular complexity index is 753. The average molecular weight is 389 g/mol. The van der Waals surface area contributed by atoms with Gasteiger partial charge in [-0.2, -0.15) is 0 Å². The highest BCUT2D eigenvalue weighted by molar-refractivity contribution is 6.09. The molecule has 8 heteroatoms. The first kappa shape index (κ1) is 20.0. The molecule has 1 aromatic rings. The van der Waals surface area contributed by atoms with E-state index in [9.17, 15) is 14.4 Å². The molecule has 1 aliphatic carbocycles. The number of methoxy groups -OCH3 is 1. The monoisotopic (exact) mass is 389 g/mol. The number of para-hydroxylation sites is 2. The zero-order valence-corrected chi connectivity index (χ0v) is 16.3. The molecule has 3 rings (SSSR count). The van der Waals surface area contributed by atoms with Gasteiger partial charge >= 0.3 is 6.03 Å². The Morgan fingerprint density at radius 3 is 2.75 bits per heavy atom. The number of ether oxygens (including phenoxy) is 2. The maximum Gasteiger partial charge on any atom is 0.325 e. The number of carbonyl (C=O) groups excluding carboxylic acids is 3. The molecule has 1 spiro atoms. The van der Waals surface area contributed by atoms with E-state index in [1.54, 1.807) is 19.2 Å². The normalized spacial score (nSPS) is 24.2. The first-order valence-electron chi connectivity index (χ1n) is 9.64. The number of urea groups is 1. The molecule has 1 heterocycles. The first-order chi connectivity index (χ1) is 13.5. The quantitative estimate of drug-likeness (QED) is 0.546. The van der Waals surface area contributed by atoms with Crippen LogP contribution in [0.5, 0.6) is 11.5 Å². The van der Waals surface area contributed by atoms with E-state index < -0.39 is 17.5 Å². The summed E-state index contributed by atoms with van der Waals surface area (Å²) < 4.78 is 10.8. The largest absolute Gasteiger partial charge is 0.493 e. The number of benzene rings is 1. The van der Waals surface area contributed by atoms with Gasteiger partial charge in [0.25, 0.3) is 5.91 Å². The topological polar surface area (TPSA) is 97.0 Å². The van der Waals surface area contributed by atoms with Crippen molar-refractivity contribution in [2.24, 2.45) is 5.92 Å². The SMILES string of the molecule is COc1ccccc1OCCNC(=O)CN1C(=O)N[C@@]2(CCCC[C@@H]2C)C1=O. The van der Waals surface area contributed by atoms with Gasteiger partial charge in [0.15, 0.2) is 11.5 Å². The summed E-state index contributed by atoms with van der Waals surface area (Å²) in [5.41, 5.74) is -0.845. The highest BCUT2D eigenvalue weighted by Gasteiger charge is 2.55. The molecule has 0 unspecified atom stereocenters. The minimum absolute atomic E-state index is 0.0695. The Labute approximate surface area is 164 Å². The Morgan fingerprint density at radius 2 is 2.04 bits per heavy atom. The van der Waals surface area contributed by atoms with Gasteiger partial charge in [0, 0.05) is 0 Å². The molecule has 1 saturated carbocycles. The second kappa shape index (κ2) is 8.50. The molecule has 0 radical (unpaired) electrons. The van der Waals surface area contributed by atoms with Crippen LogP contribution in [0, 0.1) is 5.92 Å². The second-order valence-electron chi connectivity index (χ2n) is 7.29. The molecule has 2 fully saturated rings. The molecule has 152 valence electrons. The van der Waals surface area contributed by atoms with Crippen LogP contribution in [0.1, 0.15) is 32.6 Å². The summed E-state index contributed by atoms with van der Waals surface area (Å²) in [6.45, 7) is 2.19. The molecule has 1 aliphatic heterocycles. The van der Waals surface area contributed by atoms with Crippen LogP contribution in [0.25, 0.3) is 0 Å². The third kappa shape index (κ3) is 3.90. The Hall–Kier alpha value is -2.77. The van der Waals surface area contributed by atoms with Gasteiger partial charge in [-0.25, -0.2) is 4.79 Å². The van der Waals surface area contributed by atoms with E-state index in [1.165, 1.54) is 0 Å². The van der Waals surface area contributed by atoms with Crippen molar-refractivity contribution in [2.45, 2.75) is 38.1 Å². The van der Waals surface area contributed by atoms with Gasteiger partial charge in [0.1, 0.15) is 18.7 Å². The van der Waals surface area contributed by atoms with E-state index >= 15 is 0 Å². The summed E-state index contributed by atoms with van der Waals surface area (Å²) in [5.74, 6) is 0.583. The number of imide groups is 1. The minimum atomic E-state index is -0.845. The molecule has 0 aromatic heterocycles. The van der Waals surface area contributed by atoms with Crippen LogP contribution in [-0.2, 0) is 9.59 Å². The molecule has 8 nitrogen and oxygen atoms in total. The first-order valence-corrected chi connectivity index (χ1v) is 9.64. The fraction of sp³-hybridized carbons (Fsp3) is 0.550. The van der Waals surface area contributed by atoms with Crippen LogP contribution in [0.4, 0.5) is 4.79 Å². The number of nitrogens with zero attached hydrogens (tertiary/aromatic N) is 1. The van der Waals surface area contributed by atoms with Crippen molar-refractivity contribution >= 4 is 17.8 Å². The van der Waals surface area contributed by atoms with Crippen molar-refractivity contribution in [3.63, 3.8) is 0 Å². The lowest BCUT2D eigenvalue weighted by atomic mass is 9.73. The van der Waals surface area contributed by atoms with Crippen LogP contribution in [0.3, 0.4) is 0 Å². The fourth-order valence-electron chi connectivity index (χ4n) is 3.93. The summed E-state index contributed by atoms with van der Waals surface area (Å²) in [7, 11) is 1.56. The summed E-state index contributed by atoms with van der Waals surface area (Å²) in [4.78, 5) is 38.4. The third-order valence-corrected chi connectivity index (χ3v) is 5.55. The maximum absolute atomic E-state index is 12.8. The van der Waals surface area contributed by atoms with Gasteiger partial charge in [-0.15, -0.1) is 0 Å². The second-order valence-corrected chi connectivity index (χ2v) is 7.29. The van der Waals surface area contributed by atoms with Crippen molar-refractivity contribution in [1.82, 2.24) is 15.5 Å². The molecule has 4 amide bonds. The number of nitrogens with one attached hydrogen (secondary N) is 2. The summed E-state index contributed by atoms with van der Waals surface area (Å²) >= 11 is 0. The maximum atomic E-state index is 12.8. The van der Waals surface area contributed by atoms with Gasteiger partial charge in [0.05, 0.1) is 13.7 Å². The van der Waals surface area contributed by atoms with Crippen LogP contribution in [0.15, 0.2) is 24.3 Å². The van der Waals surface area contributed by atoms with Crippen molar-refractivity contribution < 1.29 is 23.9 Å². The smallest absolute Gasteiger partial charge is 0.325 e. The van der Waals surface area contributed by atoms with Gasteiger partial charge < -0.3 is 20.1 Å². The molecular formula is C20H27N3O5. The van der Waals surface area contributed by atoms with E-state index in [0.29, 0.717) is 17.9 Å². The Morgan fingerprint density at radius 1 is 1.29 bits per heavy atom. The van der Waals surface area contributed by atoms with Gasteiger partial charge in [0.2, 0.25) is 5.91 Å². The zero-order valence-electron chi connectivity index (χ0n) is 16.3. The summed E-state index contributed by atoms with van der Waals surface area (Å²) in [6, 6.07) is 6.74. The summed E-state index contributed by atoms with van der Waals surface area (Å²) in [6.07, 6.45) is 3.48. The van der Waals surface area contributed by atoms with E-state index in [-0.39, 0.29) is 31.5 Å². The van der Waals surface area contributed by atoms with Crippen molar-refractivity contribution in [1.29, 1.82) is 0 Å². The minimum Gasteiger partial charge on any atom is -0.493 e. The lowest BCUT2D eigenvalue weighted by Crippen LogP contribution is -2.54. The molecule has 28 heavy (non-hydrogen) atoms. The van der Waals surface area contributed by atoms with Crippen LogP contribution in [-0.4, -0.2) is 55.1 Å². The zero-order chi connectivity index (χ0) is 20.1. The predicted octanol–water partition coefficient (Wildman–Crippen LogP) is 1.69. The molecule has 2 N–H and O–H groups in total. The molecule has 0 bridgehead atoms. The molecular weight excluding hydrogens is 362 g/mol. The molecule has 2 aliphatic rings. The highest BCUT2D eigenvalue weighted by Crippen LogP contribution is 2.38. The lowest BCUT2D eigenvalue weighted by Gasteiger charge is -2.36. The fourth-order valence-corrected chi connectivity index (χ4v) is 3.93. The number of amides is 4. The average Bonchev–Trinajstić information content (AvgIpc) is 2.93.